The molecule has 1 unspecified atom stereocenters. The third-order valence-corrected chi connectivity index (χ3v) is 4.97. The molecule has 3 heterocycles. The second-order valence-electron chi connectivity index (χ2n) is 6.81. The van der Waals surface area contributed by atoms with Crippen LogP contribution < -0.4 is 0 Å². The minimum Gasteiger partial charge on any atom is -0.298 e. The van der Waals surface area contributed by atoms with Gasteiger partial charge in [0.25, 0.3) is 0 Å². The molecule has 6 heteroatoms. The number of imidazole rings is 1. The molecule has 1 aromatic carbocycles. The summed E-state index contributed by atoms with van der Waals surface area (Å²) in [4.78, 5) is 16.0. The molecule has 0 saturated carbocycles. The van der Waals surface area contributed by atoms with E-state index in [1.807, 2.05) is 29.8 Å². The fourth-order valence-corrected chi connectivity index (χ4v) is 3.69. The lowest BCUT2D eigenvalue weighted by Crippen LogP contribution is -2.34. The van der Waals surface area contributed by atoms with Crippen molar-refractivity contribution in [3.63, 3.8) is 0 Å². The van der Waals surface area contributed by atoms with E-state index in [0.717, 1.165) is 55.4 Å². The summed E-state index contributed by atoms with van der Waals surface area (Å²) in [6.07, 6.45) is 9.43. The van der Waals surface area contributed by atoms with E-state index in [1.54, 1.807) is 18.6 Å². The van der Waals surface area contributed by atoms with Crippen LogP contribution in [0.1, 0.15) is 35.8 Å². The normalized spacial score (nSPS) is 18.2. The molecule has 0 amide bonds. The van der Waals surface area contributed by atoms with Gasteiger partial charge in [0.15, 0.2) is 5.82 Å². The number of rotatable bonds is 4. The minimum atomic E-state index is -0.190. The van der Waals surface area contributed by atoms with Crippen molar-refractivity contribution in [2.45, 2.75) is 32.2 Å². The second kappa shape index (κ2) is 7.33. The molecule has 5 nitrogen and oxygen atoms in total. The highest BCUT2D eigenvalue weighted by Gasteiger charge is 2.26. The summed E-state index contributed by atoms with van der Waals surface area (Å²) in [7, 11) is 0. The molecule has 4 rings (SSSR count). The average Bonchev–Trinajstić information content (AvgIpc) is 3.10. The molecule has 1 aliphatic heterocycles. The zero-order valence-electron chi connectivity index (χ0n) is 14.8. The lowest BCUT2D eigenvalue weighted by Gasteiger charge is -2.33. The summed E-state index contributed by atoms with van der Waals surface area (Å²) in [6.45, 7) is 4.78. The number of hydrogen-bond donors (Lipinski definition) is 0. The molecule has 1 saturated heterocycles. The van der Waals surface area contributed by atoms with Crippen molar-refractivity contribution >= 4 is 0 Å². The highest BCUT2D eigenvalue weighted by atomic mass is 19.1. The lowest BCUT2D eigenvalue weighted by atomic mass is 9.94. The first-order valence-corrected chi connectivity index (χ1v) is 8.99. The van der Waals surface area contributed by atoms with Crippen LogP contribution in [0.3, 0.4) is 0 Å². The van der Waals surface area contributed by atoms with Crippen molar-refractivity contribution in [2.75, 3.05) is 13.1 Å². The zero-order chi connectivity index (χ0) is 17.9. The van der Waals surface area contributed by atoms with Crippen molar-refractivity contribution in [1.29, 1.82) is 0 Å². The molecule has 0 aliphatic carbocycles. The van der Waals surface area contributed by atoms with E-state index in [1.165, 1.54) is 12.1 Å². The van der Waals surface area contributed by atoms with Gasteiger partial charge in [0.2, 0.25) is 0 Å². The number of aryl methyl sites for hydroxylation is 1. The maximum Gasteiger partial charge on any atom is 0.160 e. The Morgan fingerprint density at radius 3 is 2.65 bits per heavy atom. The van der Waals surface area contributed by atoms with Gasteiger partial charge in [-0.2, -0.15) is 0 Å². The largest absolute Gasteiger partial charge is 0.298 e. The van der Waals surface area contributed by atoms with E-state index < -0.39 is 0 Å². The number of hydrogen-bond acceptors (Lipinski definition) is 4. The molecular formula is C20H22FN5. The molecule has 0 radical (unpaired) electrons. The van der Waals surface area contributed by atoms with Crippen LogP contribution in [0.15, 0.2) is 49.1 Å². The number of benzene rings is 1. The predicted molar refractivity (Wildman–Crippen MR) is 97.5 cm³/mol. The molecule has 0 bridgehead atoms. The highest BCUT2D eigenvalue weighted by molar-refractivity contribution is 5.33. The van der Waals surface area contributed by atoms with Crippen molar-refractivity contribution in [3.8, 4) is 5.82 Å². The van der Waals surface area contributed by atoms with Crippen molar-refractivity contribution in [2.24, 2.45) is 0 Å². The van der Waals surface area contributed by atoms with Gasteiger partial charge < -0.3 is 0 Å². The second-order valence-corrected chi connectivity index (χ2v) is 6.81. The molecular weight excluding hydrogens is 329 g/mol. The Morgan fingerprint density at radius 2 is 1.88 bits per heavy atom. The van der Waals surface area contributed by atoms with Crippen LogP contribution in [0.2, 0.25) is 0 Å². The summed E-state index contributed by atoms with van der Waals surface area (Å²) in [5.41, 5.74) is 2.16. The van der Waals surface area contributed by atoms with Crippen LogP contribution in [-0.2, 0) is 6.54 Å². The monoisotopic (exact) mass is 351 g/mol. The maximum atomic E-state index is 13.1. The molecule has 0 N–H and O–H groups in total. The fraction of sp³-hybridized carbons (Fsp3) is 0.350. The fourth-order valence-electron chi connectivity index (χ4n) is 3.69. The average molecular weight is 351 g/mol. The smallest absolute Gasteiger partial charge is 0.160 e. The van der Waals surface area contributed by atoms with Gasteiger partial charge in [-0.05, 0) is 44.0 Å². The van der Waals surface area contributed by atoms with Crippen LogP contribution in [0.25, 0.3) is 5.82 Å². The van der Waals surface area contributed by atoms with Gasteiger partial charge in [-0.15, -0.1) is 0 Å². The Morgan fingerprint density at radius 1 is 1.08 bits per heavy atom. The molecule has 3 aromatic rings. The van der Waals surface area contributed by atoms with Gasteiger partial charge in [-0.25, -0.2) is 14.4 Å². The van der Waals surface area contributed by atoms with E-state index in [-0.39, 0.29) is 5.82 Å². The lowest BCUT2D eigenvalue weighted by molar-refractivity contribution is 0.198. The van der Waals surface area contributed by atoms with Gasteiger partial charge >= 0.3 is 0 Å². The van der Waals surface area contributed by atoms with E-state index in [4.69, 9.17) is 0 Å². The van der Waals surface area contributed by atoms with Gasteiger partial charge in [0.1, 0.15) is 11.6 Å². The molecule has 134 valence electrons. The van der Waals surface area contributed by atoms with Gasteiger partial charge in [0, 0.05) is 43.8 Å². The number of piperidine rings is 1. The predicted octanol–water partition coefficient (Wildman–Crippen LogP) is 3.49. The summed E-state index contributed by atoms with van der Waals surface area (Å²) in [5, 5.41) is 0. The van der Waals surface area contributed by atoms with E-state index in [2.05, 4.69) is 19.9 Å². The van der Waals surface area contributed by atoms with Crippen molar-refractivity contribution in [3.05, 3.63) is 72.0 Å². The summed E-state index contributed by atoms with van der Waals surface area (Å²) >= 11 is 0. The molecule has 1 atom stereocenters. The first-order valence-electron chi connectivity index (χ1n) is 8.99. The van der Waals surface area contributed by atoms with E-state index in [0.29, 0.717) is 5.92 Å². The molecule has 1 aliphatic rings. The summed E-state index contributed by atoms with van der Waals surface area (Å²) < 4.78 is 15.1. The Kier molecular flexibility index (Phi) is 4.75. The van der Waals surface area contributed by atoms with Crippen LogP contribution >= 0.6 is 0 Å². The van der Waals surface area contributed by atoms with Gasteiger partial charge in [0.05, 0.1) is 5.69 Å². The first kappa shape index (κ1) is 16.8. The minimum absolute atomic E-state index is 0.190. The van der Waals surface area contributed by atoms with E-state index in [9.17, 15) is 4.39 Å². The Bertz CT molecular complexity index is 874. The standard InChI is InChI=1S/C20H22FN5/c1-15-22-10-12-26(15)20-19(23-8-9-24-20)17-3-2-11-25(14-17)13-16-4-6-18(21)7-5-16/h4-10,12,17H,2-3,11,13-14H2,1H3. The third-order valence-electron chi connectivity index (χ3n) is 4.97. The van der Waals surface area contributed by atoms with Crippen LogP contribution in [0.5, 0.6) is 0 Å². The third kappa shape index (κ3) is 3.51. The molecule has 26 heavy (non-hydrogen) atoms. The Labute approximate surface area is 152 Å². The van der Waals surface area contributed by atoms with Gasteiger partial charge in [-0.3, -0.25) is 14.5 Å². The molecule has 2 aromatic heterocycles. The number of likely N-dealkylation sites (tertiary alicyclic amines) is 1. The Balaban J connectivity index is 1.55. The summed E-state index contributed by atoms with van der Waals surface area (Å²) in [5.74, 6) is 1.92. The highest BCUT2D eigenvalue weighted by Crippen LogP contribution is 2.29. The Hall–Kier alpha value is -2.60. The summed E-state index contributed by atoms with van der Waals surface area (Å²) in [6, 6.07) is 6.78. The van der Waals surface area contributed by atoms with Gasteiger partial charge in [-0.1, -0.05) is 12.1 Å². The topological polar surface area (TPSA) is 46.8 Å². The van der Waals surface area contributed by atoms with E-state index >= 15 is 0 Å². The van der Waals surface area contributed by atoms with Crippen molar-refractivity contribution in [1.82, 2.24) is 24.4 Å². The SMILES string of the molecule is Cc1nccn1-c1nccnc1C1CCCN(Cc2ccc(F)cc2)C1. The maximum absolute atomic E-state index is 13.1. The number of aromatic nitrogens is 4. The first-order chi connectivity index (χ1) is 12.7. The molecule has 1 fully saturated rings. The van der Waals surface area contributed by atoms with Crippen LogP contribution in [-0.4, -0.2) is 37.5 Å². The number of halogens is 1. The van der Waals surface area contributed by atoms with Crippen LogP contribution in [0, 0.1) is 12.7 Å². The van der Waals surface area contributed by atoms with Crippen LogP contribution in [0.4, 0.5) is 4.39 Å². The molecule has 0 spiro atoms. The quantitative estimate of drug-likeness (QED) is 0.722. The number of nitrogens with zero attached hydrogens (tertiary/aromatic N) is 5. The zero-order valence-corrected chi connectivity index (χ0v) is 14.8. The van der Waals surface area contributed by atoms with Crippen molar-refractivity contribution < 1.29 is 4.39 Å².